The fraction of sp³-hybridized carbons (Fsp3) is 0.318. The fourth-order valence-electron chi connectivity index (χ4n) is 4.28. The van der Waals surface area contributed by atoms with Crippen molar-refractivity contribution in [3.8, 4) is 11.5 Å². The smallest absolute Gasteiger partial charge is 0.229 e. The first-order valence-electron chi connectivity index (χ1n) is 9.23. The Labute approximate surface area is 153 Å². The van der Waals surface area contributed by atoms with Crippen LogP contribution in [0.4, 0.5) is 0 Å². The Bertz CT molecular complexity index is 944. The van der Waals surface area contributed by atoms with Crippen LogP contribution in [-0.4, -0.2) is 23.0 Å². The summed E-state index contributed by atoms with van der Waals surface area (Å²) in [5.41, 5.74) is 5.04. The summed E-state index contributed by atoms with van der Waals surface area (Å²) in [6, 6.07) is 10.7. The summed E-state index contributed by atoms with van der Waals surface area (Å²) in [6.07, 6.45) is 10.4. The van der Waals surface area contributed by atoms with Crippen LogP contribution in [0, 0.1) is 6.92 Å². The lowest BCUT2D eigenvalue weighted by molar-refractivity contribution is 0.175. The number of piperidine rings is 1. The van der Waals surface area contributed by atoms with Gasteiger partial charge in [0, 0.05) is 12.0 Å². The van der Waals surface area contributed by atoms with Gasteiger partial charge in [-0.1, -0.05) is 36.4 Å². The van der Waals surface area contributed by atoms with E-state index in [9.17, 15) is 0 Å². The molecule has 4 heteroatoms. The maximum atomic E-state index is 5.83. The number of aryl methyl sites for hydroxylation is 1. The van der Waals surface area contributed by atoms with Crippen LogP contribution < -0.4 is 0 Å². The van der Waals surface area contributed by atoms with Gasteiger partial charge in [-0.25, -0.2) is 4.98 Å². The minimum atomic E-state index is 0.230. The fourth-order valence-corrected chi connectivity index (χ4v) is 4.28. The Morgan fingerprint density at radius 2 is 2.00 bits per heavy atom. The van der Waals surface area contributed by atoms with Crippen molar-refractivity contribution in [2.24, 2.45) is 0 Å². The first-order chi connectivity index (χ1) is 12.7. The molecule has 0 unspecified atom stereocenters. The van der Waals surface area contributed by atoms with Crippen LogP contribution in [0.5, 0.6) is 0 Å². The summed E-state index contributed by atoms with van der Waals surface area (Å²) < 4.78 is 11.0. The summed E-state index contributed by atoms with van der Waals surface area (Å²) >= 11 is 0. The van der Waals surface area contributed by atoms with Crippen molar-refractivity contribution in [2.75, 3.05) is 13.1 Å². The zero-order valence-electron chi connectivity index (χ0n) is 14.9. The summed E-state index contributed by atoms with van der Waals surface area (Å²) in [7, 11) is 0. The largest absolute Gasteiger partial charge is 0.472 e. The van der Waals surface area contributed by atoms with Gasteiger partial charge in [-0.05, 0) is 50.0 Å². The third-order valence-electron chi connectivity index (χ3n) is 5.86. The van der Waals surface area contributed by atoms with Crippen molar-refractivity contribution in [1.29, 1.82) is 0 Å². The van der Waals surface area contributed by atoms with Gasteiger partial charge in [0.15, 0.2) is 0 Å². The van der Waals surface area contributed by atoms with E-state index in [4.69, 9.17) is 8.83 Å². The van der Waals surface area contributed by atoms with Crippen molar-refractivity contribution in [2.45, 2.75) is 31.7 Å². The van der Waals surface area contributed by atoms with Crippen molar-refractivity contribution >= 4 is 6.08 Å². The van der Waals surface area contributed by atoms with Crippen LogP contribution >= 0.6 is 0 Å². The second kappa shape index (κ2) is 5.99. The van der Waals surface area contributed by atoms with Gasteiger partial charge in [0.25, 0.3) is 0 Å². The second-order valence-electron chi connectivity index (χ2n) is 7.39. The molecule has 0 radical (unpaired) electrons. The van der Waals surface area contributed by atoms with Gasteiger partial charge >= 0.3 is 0 Å². The Hall–Kier alpha value is -2.59. The molecular weight excluding hydrogens is 324 g/mol. The van der Waals surface area contributed by atoms with Crippen molar-refractivity contribution in [3.63, 3.8) is 0 Å². The lowest BCUT2D eigenvalue weighted by Crippen LogP contribution is -2.40. The number of oxazole rings is 1. The van der Waals surface area contributed by atoms with E-state index < -0.39 is 0 Å². The van der Waals surface area contributed by atoms with E-state index in [0.717, 1.165) is 49.5 Å². The zero-order valence-corrected chi connectivity index (χ0v) is 14.9. The predicted octanol–water partition coefficient (Wildman–Crippen LogP) is 4.80. The van der Waals surface area contributed by atoms with Gasteiger partial charge in [-0.3, -0.25) is 4.90 Å². The van der Waals surface area contributed by atoms with Gasteiger partial charge in [-0.15, -0.1) is 0 Å². The molecule has 1 spiro atoms. The second-order valence-corrected chi connectivity index (χ2v) is 7.39. The highest BCUT2D eigenvalue weighted by molar-refractivity contribution is 5.65. The summed E-state index contributed by atoms with van der Waals surface area (Å²) in [6.45, 7) is 4.99. The van der Waals surface area contributed by atoms with Gasteiger partial charge in [0.2, 0.25) is 5.89 Å². The topological polar surface area (TPSA) is 42.4 Å². The molecule has 26 heavy (non-hydrogen) atoms. The molecule has 1 aliphatic carbocycles. The molecule has 3 heterocycles. The molecule has 1 aromatic carbocycles. The monoisotopic (exact) mass is 346 g/mol. The number of aromatic nitrogens is 1. The van der Waals surface area contributed by atoms with E-state index in [1.165, 1.54) is 11.1 Å². The molecule has 2 aliphatic rings. The summed E-state index contributed by atoms with van der Waals surface area (Å²) in [5, 5.41) is 0. The Morgan fingerprint density at radius 1 is 1.15 bits per heavy atom. The number of fused-ring (bicyclic) bond motifs is 2. The summed E-state index contributed by atoms with van der Waals surface area (Å²) in [4.78, 5) is 7.18. The van der Waals surface area contributed by atoms with Gasteiger partial charge in [-0.2, -0.15) is 0 Å². The number of allylic oxidation sites excluding steroid dienone is 1. The molecule has 0 N–H and O–H groups in total. The molecule has 2 aromatic heterocycles. The van der Waals surface area contributed by atoms with Crippen LogP contribution in [-0.2, 0) is 12.0 Å². The molecule has 4 nitrogen and oxygen atoms in total. The number of benzene rings is 1. The minimum Gasteiger partial charge on any atom is -0.472 e. The van der Waals surface area contributed by atoms with E-state index in [-0.39, 0.29) is 5.41 Å². The lowest BCUT2D eigenvalue weighted by atomic mass is 9.74. The Kier molecular flexibility index (Phi) is 3.61. The van der Waals surface area contributed by atoms with Crippen molar-refractivity contribution in [1.82, 2.24) is 9.88 Å². The number of hydrogen-bond acceptors (Lipinski definition) is 4. The van der Waals surface area contributed by atoms with E-state index in [1.54, 1.807) is 12.5 Å². The number of furan rings is 1. The van der Waals surface area contributed by atoms with Crippen molar-refractivity contribution < 1.29 is 8.83 Å². The highest BCUT2D eigenvalue weighted by Gasteiger charge is 2.37. The van der Waals surface area contributed by atoms with Crippen LogP contribution in [0.25, 0.3) is 17.5 Å². The molecule has 1 fully saturated rings. The highest BCUT2D eigenvalue weighted by Crippen LogP contribution is 2.43. The van der Waals surface area contributed by atoms with Gasteiger partial charge in [0.1, 0.15) is 12.0 Å². The predicted molar refractivity (Wildman–Crippen MR) is 101 cm³/mol. The van der Waals surface area contributed by atoms with Crippen LogP contribution in [0.3, 0.4) is 0 Å². The molecule has 132 valence electrons. The van der Waals surface area contributed by atoms with Crippen molar-refractivity contribution in [3.05, 3.63) is 71.5 Å². The number of rotatable bonds is 3. The van der Waals surface area contributed by atoms with E-state index in [2.05, 4.69) is 46.3 Å². The normalized spacial score (nSPS) is 18.5. The molecule has 5 rings (SSSR count). The van der Waals surface area contributed by atoms with E-state index in [0.29, 0.717) is 5.89 Å². The first-order valence-corrected chi connectivity index (χ1v) is 9.23. The molecule has 3 aromatic rings. The SMILES string of the molecule is Cc1oc(-c2ccoc2)nc1CN1CCC2(C=Cc3ccccc32)CC1. The molecular formula is C22H22N2O2. The quantitative estimate of drug-likeness (QED) is 0.683. The molecule has 0 amide bonds. The summed E-state index contributed by atoms with van der Waals surface area (Å²) in [5.74, 6) is 1.54. The zero-order chi connectivity index (χ0) is 17.6. The van der Waals surface area contributed by atoms with Gasteiger partial charge in [0.05, 0.1) is 17.5 Å². The highest BCUT2D eigenvalue weighted by atomic mass is 16.4. The van der Waals surface area contributed by atoms with Gasteiger partial charge < -0.3 is 8.83 Å². The van der Waals surface area contributed by atoms with E-state index >= 15 is 0 Å². The van der Waals surface area contributed by atoms with Crippen LogP contribution in [0.1, 0.15) is 35.4 Å². The van der Waals surface area contributed by atoms with Crippen LogP contribution in [0.15, 0.2) is 57.8 Å². The number of likely N-dealkylation sites (tertiary alicyclic amines) is 1. The average Bonchev–Trinajstić information content (AvgIpc) is 3.39. The third-order valence-corrected chi connectivity index (χ3v) is 5.86. The minimum absolute atomic E-state index is 0.230. The average molecular weight is 346 g/mol. The molecule has 0 saturated carbocycles. The number of hydrogen-bond donors (Lipinski definition) is 0. The maximum absolute atomic E-state index is 5.83. The molecule has 0 atom stereocenters. The van der Waals surface area contributed by atoms with Crippen LogP contribution in [0.2, 0.25) is 0 Å². The Balaban J connectivity index is 1.30. The first kappa shape index (κ1) is 15.6. The van der Waals surface area contributed by atoms with E-state index in [1.807, 2.05) is 13.0 Å². The number of nitrogens with zero attached hydrogens (tertiary/aromatic N) is 2. The third kappa shape index (κ3) is 2.53. The molecule has 1 aliphatic heterocycles. The molecule has 0 bridgehead atoms. The standard InChI is InChI=1S/C22H22N2O2/c1-16-20(23-21(26-16)18-7-13-25-15-18)14-24-11-9-22(10-12-24)8-6-17-4-2-3-5-19(17)22/h2-8,13,15H,9-12,14H2,1H3. The Morgan fingerprint density at radius 3 is 2.81 bits per heavy atom. The maximum Gasteiger partial charge on any atom is 0.229 e. The lowest BCUT2D eigenvalue weighted by Gasteiger charge is -2.39. The molecule has 1 saturated heterocycles.